The quantitative estimate of drug-likeness (QED) is 0.639. The molecule has 1 amide bonds. The van der Waals surface area contributed by atoms with Crippen LogP contribution in [-0.2, 0) is 14.8 Å². The van der Waals surface area contributed by atoms with Gasteiger partial charge in [-0.3, -0.25) is 4.79 Å². The van der Waals surface area contributed by atoms with Crippen LogP contribution in [0.5, 0.6) is 5.75 Å². The van der Waals surface area contributed by atoms with Gasteiger partial charge >= 0.3 is 0 Å². The monoisotopic (exact) mass is 436 g/mol. The molecular weight excluding hydrogens is 408 g/mol. The first kappa shape index (κ1) is 22.3. The van der Waals surface area contributed by atoms with E-state index in [4.69, 9.17) is 13.9 Å². The van der Waals surface area contributed by atoms with Crippen LogP contribution in [0, 0.1) is 13.8 Å². The van der Waals surface area contributed by atoms with Crippen LogP contribution in [-0.4, -0.2) is 58.1 Å². The lowest BCUT2D eigenvalue weighted by atomic mass is 10.1. The number of nitrogens with zero attached hydrogens (tertiary/aromatic N) is 1. The predicted molar refractivity (Wildman–Crippen MR) is 111 cm³/mol. The van der Waals surface area contributed by atoms with Gasteiger partial charge in [-0.05, 0) is 62.6 Å². The zero-order valence-corrected chi connectivity index (χ0v) is 18.3. The molecule has 2 heterocycles. The third-order valence-electron chi connectivity index (χ3n) is 5.08. The lowest BCUT2D eigenvalue weighted by molar-refractivity contribution is 0.0894. The van der Waals surface area contributed by atoms with Crippen LogP contribution in [0.4, 0.5) is 0 Å². The summed E-state index contributed by atoms with van der Waals surface area (Å²) in [4.78, 5) is 12.5. The molecule has 8 nitrogen and oxygen atoms in total. The Hall–Kier alpha value is -2.36. The molecule has 1 aliphatic heterocycles. The molecule has 1 aliphatic rings. The molecule has 0 spiro atoms. The number of piperidine rings is 1. The van der Waals surface area contributed by atoms with Gasteiger partial charge in [-0.25, -0.2) is 8.42 Å². The summed E-state index contributed by atoms with van der Waals surface area (Å²) in [5, 5.41) is 2.92. The standard InChI is InChI=1S/C21H28N2O6S/c1-15-14-18(5-7-19(15)28-13-12-27-3)30(25,26)23-10-8-17(9-11-23)22-21(24)20-6-4-16(2)29-20/h4-7,14,17H,8-13H2,1-3H3,(H,22,24). The van der Waals surface area contributed by atoms with Crippen molar-refractivity contribution in [1.29, 1.82) is 0 Å². The molecule has 164 valence electrons. The van der Waals surface area contributed by atoms with Crippen LogP contribution in [0.15, 0.2) is 39.6 Å². The Morgan fingerprint density at radius 3 is 2.50 bits per heavy atom. The van der Waals surface area contributed by atoms with E-state index < -0.39 is 10.0 Å². The van der Waals surface area contributed by atoms with E-state index in [0.29, 0.717) is 50.7 Å². The van der Waals surface area contributed by atoms with E-state index in [0.717, 1.165) is 5.56 Å². The summed E-state index contributed by atoms with van der Waals surface area (Å²) >= 11 is 0. The molecule has 3 rings (SSSR count). The Morgan fingerprint density at radius 2 is 1.90 bits per heavy atom. The van der Waals surface area contributed by atoms with Crippen molar-refractivity contribution in [3.8, 4) is 5.75 Å². The molecule has 1 saturated heterocycles. The minimum Gasteiger partial charge on any atom is -0.491 e. The fourth-order valence-corrected chi connectivity index (χ4v) is 4.94. The molecule has 1 aromatic heterocycles. The average molecular weight is 437 g/mol. The Morgan fingerprint density at radius 1 is 1.17 bits per heavy atom. The molecule has 0 radical (unpaired) electrons. The number of ether oxygens (including phenoxy) is 2. The second kappa shape index (κ2) is 9.63. The molecule has 0 saturated carbocycles. The normalized spacial score (nSPS) is 15.8. The molecule has 30 heavy (non-hydrogen) atoms. The van der Waals surface area contributed by atoms with Crippen molar-refractivity contribution < 1.29 is 27.1 Å². The molecule has 1 aromatic carbocycles. The first-order valence-corrected chi connectivity index (χ1v) is 11.3. The number of nitrogens with one attached hydrogen (secondary N) is 1. The molecule has 0 aliphatic carbocycles. The van der Waals surface area contributed by atoms with Crippen LogP contribution >= 0.6 is 0 Å². The van der Waals surface area contributed by atoms with Gasteiger partial charge in [0.15, 0.2) is 5.76 Å². The Balaban J connectivity index is 1.59. The van der Waals surface area contributed by atoms with E-state index in [2.05, 4.69) is 5.32 Å². The minimum absolute atomic E-state index is 0.0901. The highest BCUT2D eigenvalue weighted by atomic mass is 32.2. The van der Waals surface area contributed by atoms with Crippen molar-refractivity contribution >= 4 is 15.9 Å². The predicted octanol–water partition coefficient (Wildman–Crippen LogP) is 2.50. The third-order valence-corrected chi connectivity index (χ3v) is 6.98. The summed E-state index contributed by atoms with van der Waals surface area (Å²) in [6, 6.07) is 8.15. The highest BCUT2D eigenvalue weighted by Crippen LogP contribution is 2.26. The minimum atomic E-state index is -3.61. The summed E-state index contributed by atoms with van der Waals surface area (Å²) in [7, 11) is -2.01. The molecular formula is C21H28N2O6S. The van der Waals surface area contributed by atoms with Crippen LogP contribution in [0.3, 0.4) is 0 Å². The van der Waals surface area contributed by atoms with E-state index >= 15 is 0 Å². The number of hydrogen-bond donors (Lipinski definition) is 1. The number of rotatable bonds is 8. The van der Waals surface area contributed by atoms with E-state index in [1.54, 1.807) is 44.4 Å². The fourth-order valence-electron chi connectivity index (χ4n) is 3.38. The maximum absolute atomic E-state index is 13.0. The molecule has 2 aromatic rings. The van der Waals surface area contributed by atoms with Crippen molar-refractivity contribution in [3.05, 3.63) is 47.4 Å². The second-order valence-electron chi connectivity index (χ2n) is 7.33. The summed E-state index contributed by atoms with van der Waals surface area (Å²) in [5.41, 5.74) is 0.753. The Kier molecular flexibility index (Phi) is 7.17. The van der Waals surface area contributed by atoms with E-state index in [9.17, 15) is 13.2 Å². The zero-order chi connectivity index (χ0) is 21.7. The highest BCUT2D eigenvalue weighted by Gasteiger charge is 2.30. The average Bonchev–Trinajstić information content (AvgIpc) is 3.16. The van der Waals surface area contributed by atoms with Crippen LogP contribution in [0.2, 0.25) is 0 Å². The van der Waals surface area contributed by atoms with Crippen LogP contribution in [0.25, 0.3) is 0 Å². The van der Waals surface area contributed by atoms with Gasteiger partial charge in [0.05, 0.1) is 11.5 Å². The highest BCUT2D eigenvalue weighted by molar-refractivity contribution is 7.89. The van der Waals surface area contributed by atoms with E-state index in [1.807, 2.05) is 6.92 Å². The number of benzene rings is 1. The van der Waals surface area contributed by atoms with Crippen molar-refractivity contribution in [2.45, 2.75) is 37.6 Å². The maximum atomic E-state index is 13.0. The zero-order valence-electron chi connectivity index (χ0n) is 17.5. The molecule has 1 N–H and O–H groups in total. The van der Waals surface area contributed by atoms with Gasteiger partial charge in [0.1, 0.15) is 18.1 Å². The summed E-state index contributed by atoms with van der Waals surface area (Å²) in [6.45, 7) is 5.15. The Bertz CT molecular complexity index is 977. The molecule has 9 heteroatoms. The van der Waals surface area contributed by atoms with Crippen molar-refractivity contribution in [2.75, 3.05) is 33.4 Å². The van der Waals surface area contributed by atoms with Crippen molar-refractivity contribution in [1.82, 2.24) is 9.62 Å². The molecule has 0 atom stereocenters. The van der Waals surface area contributed by atoms with Gasteiger partial charge in [-0.15, -0.1) is 0 Å². The first-order chi connectivity index (χ1) is 14.3. The maximum Gasteiger partial charge on any atom is 0.287 e. The largest absolute Gasteiger partial charge is 0.491 e. The number of sulfonamides is 1. The first-order valence-electron chi connectivity index (χ1n) is 9.91. The van der Waals surface area contributed by atoms with Crippen molar-refractivity contribution in [2.24, 2.45) is 0 Å². The molecule has 1 fully saturated rings. The van der Waals surface area contributed by atoms with Crippen molar-refractivity contribution in [3.63, 3.8) is 0 Å². The smallest absolute Gasteiger partial charge is 0.287 e. The number of carbonyl (C=O) groups is 1. The number of carbonyl (C=O) groups excluding carboxylic acids is 1. The summed E-state index contributed by atoms with van der Waals surface area (Å²) in [5.74, 6) is 1.31. The number of methoxy groups -OCH3 is 1. The third kappa shape index (κ3) is 5.21. The fraction of sp³-hybridized carbons (Fsp3) is 0.476. The van der Waals surface area contributed by atoms with Gasteiger partial charge in [0.2, 0.25) is 10.0 Å². The van der Waals surface area contributed by atoms with E-state index in [-0.39, 0.29) is 22.6 Å². The number of hydrogen-bond acceptors (Lipinski definition) is 6. The van der Waals surface area contributed by atoms with Gasteiger partial charge in [-0.2, -0.15) is 4.31 Å². The lowest BCUT2D eigenvalue weighted by Gasteiger charge is -2.31. The summed E-state index contributed by atoms with van der Waals surface area (Å²) < 4.78 is 43.4. The van der Waals surface area contributed by atoms with Gasteiger partial charge in [0, 0.05) is 26.2 Å². The van der Waals surface area contributed by atoms with E-state index in [1.165, 1.54) is 4.31 Å². The number of aryl methyl sites for hydroxylation is 2. The van der Waals surface area contributed by atoms with Crippen LogP contribution < -0.4 is 10.1 Å². The Labute approximate surface area is 177 Å². The molecule has 0 bridgehead atoms. The lowest BCUT2D eigenvalue weighted by Crippen LogP contribution is -2.46. The van der Waals surface area contributed by atoms with Crippen LogP contribution in [0.1, 0.15) is 34.7 Å². The number of furan rings is 1. The SMILES string of the molecule is COCCOc1ccc(S(=O)(=O)N2CCC(NC(=O)c3ccc(C)o3)CC2)cc1C. The summed E-state index contributed by atoms with van der Waals surface area (Å²) in [6.07, 6.45) is 1.09. The number of amides is 1. The van der Waals surface area contributed by atoms with Gasteiger partial charge in [0.25, 0.3) is 5.91 Å². The second-order valence-corrected chi connectivity index (χ2v) is 9.27. The van der Waals surface area contributed by atoms with Gasteiger partial charge in [-0.1, -0.05) is 0 Å². The molecule has 0 unspecified atom stereocenters. The topological polar surface area (TPSA) is 98.1 Å². The van der Waals surface area contributed by atoms with Gasteiger partial charge < -0.3 is 19.2 Å².